The number of nitrogens with two attached hydrogens (primary N) is 1. The van der Waals surface area contributed by atoms with Crippen LogP contribution in [0.3, 0.4) is 0 Å². The lowest BCUT2D eigenvalue weighted by Gasteiger charge is -2.39. The lowest BCUT2D eigenvalue weighted by molar-refractivity contribution is 0.356. The quantitative estimate of drug-likeness (QED) is 0.646. The van der Waals surface area contributed by atoms with Crippen molar-refractivity contribution in [2.75, 3.05) is 11.4 Å². The molecule has 1 aliphatic carbocycles. The average Bonchev–Trinajstić information content (AvgIpc) is 2.86. The standard InChI is InChI=1S/C15H19F2N3/c16-11-7-10(15(18)19)8-12(17)14(11)20-6-2-4-9-3-1-5-13(9)20/h7-9,13H,1-6H2,(H3,18,19). The second kappa shape index (κ2) is 5.04. The average molecular weight is 279 g/mol. The van der Waals surface area contributed by atoms with E-state index in [9.17, 15) is 8.78 Å². The molecule has 2 atom stereocenters. The van der Waals surface area contributed by atoms with Gasteiger partial charge in [0.25, 0.3) is 0 Å². The molecule has 1 aliphatic heterocycles. The van der Waals surface area contributed by atoms with Gasteiger partial charge in [0.1, 0.15) is 23.2 Å². The first-order valence-corrected chi connectivity index (χ1v) is 7.18. The number of fused-ring (bicyclic) bond motifs is 1. The van der Waals surface area contributed by atoms with Crippen LogP contribution in [-0.4, -0.2) is 18.4 Å². The summed E-state index contributed by atoms with van der Waals surface area (Å²) in [5.41, 5.74) is 5.46. The van der Waals surface area contributed by atoms with Crippen molar-refractivity contribution in [3.05, 3.63) is 29.3 Å². The van der Waals surface area contributed by atoms with E-state index in [0.29, 0.717) is 12.5 Å². The van der Waals surface area contributed by atoms with Crippen LogP contribution in [0, 0.1) is 23.0 Å². The van der Waals surface area contributed by atoms with E-state index in [4.69, 9.17) is 11.1 Å². The van der Waals surface area contributed by atoms with Crippen molar-refractivity contribution < 1.29 is 8.78 Å². The molecule has 2 fully saturated rings. The molecule has 5 heteroatoms. The highest BCUT2D eigenvalue weighted by Gasteiger charge is 2.37. The van der Waals surface area contributed by atoms with Crippen LogP contribution >= 0.6 is 0 Å². The zero-order valence-electron chi connectivity index (χ0n) is 11.3. The van der Waals surface area contributed by atoms with Gasteiger partial charge in [0.05, 0.1) is 0 Å². The zero-order valence-corrected chi connectivity index (χ0v) is 11.3. The highest BCUT2D eigenvalue weighted by Crippen LogP contribution is 2.40. The fourth-order valence-corrected chi connectivity index (χ4v) is 3.73. The third kappa shape index (κ3) is 2.15. The summed E-state index contributed by atoms with van der Waals surface area (Å²) in [6.07, 6.45) is 5.46. The number of hydrogen-bond acceptors (Lipinski definition) is 2. The minimum atomic E-state index is -0.609. The third-order valence-corrected chi connectivity index (χ3v) is 4.61. The maximum atomic E-state index is 14.3. The SMILES string of the molecule is N=C(N)c1cc(F)c(N2CCCC3CCCC32)c(F)c1. The molecule has 3 nitrogen and oxygen atoms in total. The minimum absolute atomic E-state index is 0.0617. The third-order valence-electron chi connectivity index (χ3n) is 4.61. The van der Waals surface area contributed by atoms with Gasteiger partial charge in [0, 0.05) is 18.2 Å². The number of amidine groups is 1. The fourth-order valence-electron chi connectivity index (χ4n) is 3.73. The van der Waals surface area contributed by atoms with Crippen LogP contribution in [0.1, 0.15) is 37.7 Å². The highest BCUT2D eigenvalue weighted by molar-refractivity contribution is 5.95. The van der Waals surface area contributed by atoms with E-state index in [1.165, 1.54) is 12.1 Å². The van der Waals surface area contributed by atoms with E-state index in [-0.39, 0.29) is 23.1 Å². The summed E-state index contributed by atoms with van der Waals surface area (Å²) in [4.78, 5) is 1.90. The van der Waals surface area contributed by atoms with E-state index in [1.807, 2.05) is 4.90 Å². The number of hydrogen-bond donors (Lipinski definition) is 2. The van der Waals surface area contributed by atoms with Crippen LogP contribution < -0.4 is 10.6 Å². The van der Waals surface area contributed by atoms with Gasteiger partial charge >= 0.3 is 0 Å². The normalized spacial score (nSPS) is 25.6. The summed E-state index contributed by atoms with van der Waals surface area (Å²) in [5, 5.41) is 7.29. The molecule has 3 rings (SSSR count). The molecule has 1 saturated heterocycles. The lowest BCUT2D eigenvalue weighted by atomic mass is 9.91. The van der Waals surface area contributed by atoms with Crippen LogP contribution in [0.15, 0.2) is 12.1 Å². The second-order valence-corrected chi connectivity index (χ2v) is 5.80. The van der Waals surface area contributed by atoms with Crippen molar-refractivity contribution in [2.24, 2.45) is 11.7 Å². The Balaban J connectivity index is 1.99. The first-order valence-electron chi connectivity index (χ1n) is 7.18. The van der Waals surface area contributed by atoms with E-state index in [1.54, 1.807) is 0 Å². The van der Waals surface area contributed by atoms with Gasteiger partial charge in [-0.15, -0.1) is 0 Å². The summed E-state index contributed by atoms with van der Waals surface area (Å²) in [6, 6.07) is 2.59. The highest BCUT2D eigenvalue weighted by atomic mass is 19.1. The van der Waals surface area contributed by atoms with Gasteiger partial charge in [-0.3, -0.25) is 5.41 Å². The summed E-state index contributed by atoms with van der Waals surface area (Å²) in [6.45, 7) is 0.703. The predicted octanol–water partition coefficient (Wildman–Crippen LogP) is 3.02. The van der Waals surface area contributed by atoms with Crippen molar-refractivity contribution in [1.82, 2.24) is 0 Å². The number of benzene rings is 1. The summed E-state index contributed by atoms with van der Waals surface area (Å²) >= 11 is 0. The van der Waals surface area contributed by atoms with Gasteiger partial charge in [-0.05, 0) is 43.7 Å². The summed E-state index contributed by atoms with van der Waals surface area (Å²) in [5.74, 6) is -0.965. The molecule has 108 valence electrons. The number of halogens is 2. The van der Waals surface area contributed by atoms with E-state index in [2.05, 4.69) is 0 Å². The summed E-state index contributed by atoms with van der Waals surface area (Å²) in [7, 11) is 0. The predicted molar refractivity (Wildman–Crippen MR) is 75.1 cm³/mol. The maximum absolute atomic E-state index is 14.3. The number of nitrogens with one attached hydrogen (secondary N) is 1. The van der Waals surface area contributed by atoms with Crippen LogP contribution in [0.4, 0.5) is 14.5 Å². The first-order chi connectivity index (χ1) is 9.58. The Bertz CT molecular complexity index is 521. The van der Waals surface area contributed by atoms with Gasteiger partial charge in [-0.25, -0.2) is 8.78 Å². The van der Waals surface area contributed by atoms with Crippen molar-refractivity contribution in [3.63, 3.8) is 0 Å². The molecular formula is C15H19F2N3. The van der Waals surface area contributed by atoms with Crippen molar-refractivity contribution >= 4 is 11.5 Å². The minimum Gasteiger partial charge on any atom is -0.384 e. The molecule has 1 aromatic rings. The van der Waals surface area contributed by atoms with Gasteiger partial charge in [0.2, 0.25) is 0 Å². The van der Waals surface area contributed by atoms with Gasteiger partial charge in [-0.2, -0.15) is 0 Å². The second-order valence-electron chi connectivity index (χ2n) is 5.80. The largest absolute Gasteiger partial charge is 0.384 e. The maximum Gasteiger partial charge on any atom is 0.150 e. The molecule has 2 aliphatic rings. The van der Waals surface area contributed by atoms with Crippen molar-refractivity contribution in [1.29, 1.82) is 5.41 Å². The lowest BCUT2D eigenvalue weighted by Crippen LogP contribution is -2.43. The van der Waals surface area contributed by atoms with Crippen LogP contribution in [0.5, 0.6) is 0 Å². The Labute approximate surface area is 117 Å². The molecule has 0 amide bonds. The number of nitrogen functional groups attached to an aromatic ring is 1. The molecule has 0 bridgehead atoms. The molecule has 3 N–H and O–H groups in total. The molecule has 1 aromatic carbocycles. The van der Waals surface area contributed by atoms with E-state index < -0.39 is 11.6 Å². The molecule has 0 aromatic heterocycles. The smallest absolute Gasteiger partial charge is 0.150 e. The number of nitrogens with zero attached hydrogens (tertiary/aromatic N) is 1. The van der Waals surface area contributed by atoms with Gasteiger partial charge in [-0.1, -0.05) is 6.42 Å². The van der Waals surface area contributed by atoms with Gasteiger partial charge < -0.3 is 10.6 Å². The van der Waals surface area contributed by atoms with Crippen molar-refractivity contribution in [3.8, 4) is 0 Å². The molecule has 20 heavy (non-hydrogen) atoms. The van der Waals surface area contributed by atoms with Crippen molar-refractivity contribution in [2.45, 2.75) is 38.1 Å². The van der Waals surface area contributed by atoms with E-state index >= 15 is 0 Å². The Kier molecular flexibility index (Phi) is 3.36. The first kappa shape index (κ1) is 13.3. The zero-order chi connectivity index (χ0) is 14.3. The van der Waals surface area contributed by atoms with E-state index in [0.717, 1.165) is 32.1 Å². The van der Waals surface area contributed by atoms with Crippen LogP contribution in [0.2, 0.25) is 0 Å². The molecular weight excluding hydrogens is 260 g/mol. The monoisotopic (exact) mass is 279 g/mol. The molecule has 1 saturated carbocycles. The Morgan fingerprint density at radius 1 is 1.15 bits per heavy atom. The molecule has 2 unspecified atom stereocenters. The number of piperidine rings is 1. The molecule has 0 radical (unpaired) electrons. The van der Waals surface area contributed by atoms with Crippen LogP contribution in [-0.2, 0) is 0 Å². The Hall–Kier alpha value is -1.65. The molecule has 0 spiro atoms. The number of anilines is 1. The van der Waals surface area contributed by atoms with Crippen LogP contribution in [0.25, 0.3) is 0 Å². The summed E-state index contributed by atoms with van der Waals surface area (Å²) < 4.78 is 28.6. The van der Waals surface area contributed by atoms with Gasteiger partial charge in [0.15, 0.2) is 0 Å². The topological polar surface area (TPSA) is 53.1 Å². The fraction of sp³-hybridized carbons (Fsp3) is 0.533. The molecule has 1 heterocycles. The Morgan fingerprint density at radius 3 is 2.45 bits per heavy atom. The Morgan fingerprint density at radius 2 is 1.80 bits per heavy atom. The number of rotatable bonds is 2.